The van der Waals surface area contributed by atoms with Crippen molar-refractivity contribution in [3.05, 3.63) is 30.1 Å². The minimum Gasteiger partial charge on any atom is -0.358 e. The van der Waals surface area contributed by atoms with Crippen LogP contribution >= 0.6 is 0 Å². The van der Waals surface area contributed by atoms with Crippen LogP contribution in [0.3, 0.4) is 0 Å². The minimum absolute atomic E-state index is 0.0319. The summed E-state index contributed by atoms with van der Waals surface area (Å²) in [5, 5.41) is 0. The van der Waals surface area contributed by atoms with E-state index in [1.165, 1.54) is 6.07 Å². The molecule has 1 aliphatic rings. The first-order chi connectivity index (χ1) is 7.18. The smallest absolute Gasteiger partial charge is 0.241 e. The number of benzene rings is 1. The number of hydrogen-bond acceptors (Lipinski definition) is 2. The first-order valence-electron chi connectivity index (χ1n) is 4.92. The van der Waals surface area contributed by atoms with Crippen LogP contribution in [0.2, 0.25) is 0 Å². The van der Waals surface area contributed by atoms with Crippen LogP contribution in [0, 0.1) is 5.82 Å². The van der Waals surface area contributed by atoms with Crippen molar-refractivity contribution < 1.29 is 9.18 Å². The molecule has 0 saturated carbocycles. The number of piperazine rings is 1. The van der Waals surface area contributed by atoms with Crippen LogP contribution in [0.5, 0.6) is 0 Å². The molecule has 3 nitrogen and oxygen atoms in total. The molecular weight excluding hydrogens is 195 g/mol. The molecule has 1 aliphatic heterocycles. The van der Waals surface area contributed by atoms with E-state index in [0.29, 0.717) is 18.8 Å². The Kier molecular flexibility index (Phi) is 2.58. The maximum atomic E-state index is 13.4. The second kappa shape index (κ2) is 3.88. The molecule has 1 heterocycles. The number of carbonyl (C=O) groups is 1. The Hall–Kier alpha value is -1.58. The Morgan fingerprint density at radius 3 is 2.67 bits per heavy atom. The lowest BCUT2D eigenvalue weighted by molar-refractivity contribution is -0.129. The van der Waals surface area contributed by atoms with Crippen molar-refractivity contribution in [1.29, 1.82) is 0 Å². The van der Waals surface area contributed by atoms with E-state index in [-0.39, 0.29) is 18.3 Å². The third kappa shape index (κ3) is 1.93. The van der Waals surface area contributed by atoms with Gasteiger partial charge < -0.3 is 9.80 Å². The summed E-state index contributed by atoms with van der Waals surface area (Å²) in [5.74, 6) is -0.237. The van der Waals surface area contributed by atoms with E-state index < -0.39 is 0 Å². The van der Waals surface area contributed by atoms with E-state index in [0.717, 1.165) is 0 Å². The minimum atomic E-state index is -0.269. The first-order valence-corrected chi connectivity index (χ1v) is 4.92. The molecule has 0 bridgehead atoms. The second-order valence-corrected chi connectivity index (χ2v) is 3.69. The van der Waals surface area contributed by atoms with Gasteiger partial charge in [0.25, 0.3) is 0 Å². The van der Waals surface area contributed by atoms with Crippen molar-refractivity contribution >= 4 is 11.6 Å². The summed E-state index contributed by atoms with van der Waals surface area (Å²) in [6, 6.07) is 6.55. The molecule has 1 aromatic rings. The number of carbonyl (C=O) groups excluding carboxylic acids is 1. The molecule has 0 spiro atoms. The zero-order chi connectivity index (χ0) is 10.8. The number of anilines is 1. The van der Waals surface area contributed by atoms with Crippen molar-refractivity contribution in [1.82, 2.24) is 4.90 Å². The van der Waals surface area contributed by atoms with Crippen molar-refractivity contribution in [2.45, 2.75) is 0 Å². The summed E-state index contributed by atoms with van der Waals surface area (Å²) in [4.78, 5) is 14.9. The van der Waals surface area contributed by atoms with Crippen LogP contribution in [0.1, 0.15) is 0 Å². The fourth-order valence-corrected chi connectivity index (χ4v) is 1.67. The molecule has 0 atom stereocenters. The van der Waals surface area contributed by atoms with Crippen molar-refractivity contribution in [2.75, 3.05) is 31.6 Å². The van der Waals surface area contributed by atoms with Gasteiger partial charge in [0, 0.05) is 20.1 Å². The van der Waals surface area contributed by atoms with Gasteiger partial charge in [0.05, 0.1) is 12.2 Å². The van der Waals surface area contributed by atoms with Gasteiger partial charge in [0.2, 0.25) is 5.91 Å². The lowest BCUT2D eigenvalue weighted by Crippen LogP contribution is -2.48. The summed E-state index contributed by atoms with van der Waals surface area (Å²) < 4.78 is 13.4. The summed E-state index contributed by atoms with van der Waals surface area (Å²) in [5.41, 5.74) is 0.513. The lowest BCUT2D eigenvalue weighted by Gasteiger charge is -2.33. The van der Waals surface area contributed by atoms with Crippen LogP contribution in [-0.4, -0.2) is 37.5 Å². The van der Waals surface area contributed by atoms with Crippen LogP contribution in [0.25, 0.3) is 0 Å². The largest absolute Gasteiger partial charge is 0.358 e. The van der Waals surface area contributed by atoms with Crippen LogP contribution < -0.4 is 4.90 Å². The number of nitrogens with zero attached hydrogens (tertiary/aromatic N) is 2. The van der Waals surface area contributed by atoms with E-state index in [9.17, 15) is 9.18 Å². The predicted molar refractivity (Wildman–Crippen MR) is 56.3 cm³/mol. The van der Waals surface area contributed by atoms with Crippen molar-refractivity contribution in [3.63, 3.8) is 0 Å². The third-order valence-electron chi connectivity index (χ3n) is 2.65. The standard InChI is InChI=1S/C11H13FN2O/c1-13-6-7-14(8-11(13)15)10-5-3-2-4-9(10)12/h2-5H,6-8H2,1H3. The highest BCUT2D eigenvalue weighted by Crippen LogP contribution is 2.19. The highest BCUT2D eigenvalue weighted by molar-refractivity contribution is 5.82. The molecule has 15 heavy (non-hydrogen) atoms. The van der Waals surface area contributed by atoms with Gasteiger partial charge in [-0.2, -0.15) is 0 Å². The monoisotopic (exact) mass is 208 g/mol. The maximum Gasteiger partial charge on any atom is 0.241 e. The molecule has 0 N–H and O–H groups in total. The van der Waals surface area contributed by atoms with E-state index in [1.54, 1.807) is 35.0 Å². The Morgan fingerprint density at radius 2 is 2.00 bits per heavy atom. The number of para-hydroxylation sites is 1. The lowest BCUT2D eigenvalue weighted by atomic mass is 10.2. The number of halogens is 1. The molecule has 1 saturated heterocycles. The van der Waals surface area contributed by atoms with Gasteiger partial charge in [-0.25, -0.2) is 4.39 Å². The van der Waals surface area contributed by atoms with E-state index in [4.69, 9.17) is 0 Å². The fraction of sp³-hybridized carbons (Fsp3) is 0.364. The highest BCUT2D eigenvalue weighted by Gasteiger charge is 2.22. The van der Waals surface area contributed by atoms with E-state index >= 15 is 0 Å². The summed E-state index contributed by atoms with van der Waals surface area (Å²) in [7, 11) is 1.76. The third-order valence-corrected chi connectivity index (χ3v) is 2.65. The predicted octanol–water partition coefficient (Wildman–Crippen LogP) is 1.10. The number of amides is 1. The Labute approximate surface area is 88.1 Å². The summed E-state index contributed by atoms with van der Waals surface area (Å²) >= 11 is 0. The summed E-state index contributed by atoms with van der Waals surface area (Å²) in [6.45, 7) is 1.59. The van der Waals surface area contributed by atoms with Gasteiger partial charge in [-0.05, 0) is 12.1 Å². The van der Waals surface area contributed by atoms with Gasteiger partial charge in [0.15, 0.2) is 0 Å². The fourth-order valence-electron chi connectivity index (χ4n) is 1.67. The van der Waals surface area contributed by atoms with Crippen LogP contribution in [0.15, 0.2) is 24.3 Å². The van der Waals surface area contributed by atoms with Crippen LogP contribution in [0.4, 0.5) is 10.1 Å². The molecule has 1 amide bonds. The Morgan fingerprint density at radius 1 is 1.27 bits per heavy atom. The average molecular weight is 208 g/mol. The molecule has 0 unspecified atom stereocenters. The van der Waals surface area contributed by atoms with Crippen LogP contribution in [-0.2, 0) is 4.79 Å². The molecule has 0 aliphatic carbocycles. The summed E-state index contributed by atoms with van der Waals surface area (Å²) in [6.07, 6.45) is 0. The quantitative estimate of drug-likeness (QED) is 0.690. The van der Waals surface area contributed by atoms with Gasteiger partial charge in [-0.15, -0.1) is 0 Å². The zero-order valence-corrected chi connectivity index (χ0v) is 8.61. The molecule has 0 aromatic heterocycles. The van der Waals surface area contributed by atoms with Gasteiger partial charge >= 0.3 is 0 Å². The number of rotatable bonds is 1. The first kappa shape index (κ1) is 9.96. The molecule has 80 valence electrons. The maximum absolute atomic E-state index is 13.4. The second-order valence-electron chi connectivity index (χ2n) is 3.69. The van der Waals surface area contributed by atoms with Gasteiger partial charge in [-0.1, -0.05) is 12.1 Å². The molecule has 1 fully saturated rings. The molecular formula is C11H13FN2O. The molecule has 4 heteroatoms. The SMILES string of the molecule is CN1CCN(c2ccccc2F)CC1=O. The van der Waals surface area contributed by atoms with Crippen molar-refractivity contribution in [2.24, 2.45) is 0 Å². The van der Waals surface area contributed by atoms with E-state index in [1.807, 2.05) is 0 Å². The normalized spacial score (nSPS) is 17.1. The van der Waals surface area contributed by atoms with Crippen molar-refractivity contribution in [3.8, 4) is 0 Å². The number of hydrogen-bond donors (Lipinski definition) is 0. The highest BCUT2D eigenvalue weighted by atomic mass is 19.1. The molecule has 0 radical (unpaired) electrons. The Bertz CT molecular complexity index is 381. The van der Waals surface area contributed by atoms with E-state index in [2.05, 4.69) is 0 Å². The topological polar surface area (TPSA) is 23.6 Å². The zero-order valence-electron chi connectivity index (χ0n) is 8.61. The van der Waals surface area contributed by atoms with Gasteiger partial charge in [0.1, 0.15) is 5.82 Å². The number of likely N-dealkylation sites (N-methyl/N-ethyl adjacent to an activating group) is 1. The van der Waals surface area contributed by atoms with Gasteiger partial charge in [-0.3, -0.25) is 4.79 Å². The Balaban J connectivity index is 2.19. The average Bonchev–Trinajstić information content (AvgIpc) is 2.23. The molecule has 1 aromatic carbocycles. The molecule has 2 rings (SSSR count).